The average Bonchev–Trinajstić information content (AvgIpc) is 2.98. The smallest absolute Gasteiger partial charge is 0.225 e. The maximum absolute atomic E-state index is 12.2. The maximum Gasteiger partial charge on any atom is 0.225 e. The Hall–Kier alpha value is -2.01. The van der Waals surface area contributed by atoms with Crippen molar-refractivity contribution in [3.63, 3.8) is 0 Å². The van der Waals surface area contributed by atoms with E-state index < -0.39 is 0 Å². The Balaban J connectivity index is 1.82. The normalized spacial score (nSPS) is 19.2. The highest BCUT2D eigenvalue weighted by Crippen LogP contribution is 2.48. The van der Waals surface area contributed by atoms with Crippen LogP contribution in [0.1, 0.15) is 46.7 Å². The Morgan fingerprint density at radius 1 is 1.12 bits per heavy atom. The number of carbonyl (C=O) groups excluding carboxylic acids is 1. The fraction of sp³-hybridized carbons (Fsp3) is 0.421. The van der Waals surface area contributed by atoms with Crippen LogP contribution in [0, 0.1) is 0 Å². The molecule has 2 heterocycles. The van der Waals surface area contributed by atoms with Crippen molar-refractivity contribution in [1.29, 1.82) is 0 Å². The summed E-state index contributed by atoms with van der Waals surface area (Å²) in [5.74, 6) is 1.63. The van der Waals surface area contributed by atoms with Gasteiger partial charge in [-0.1, -0.05) is 6.07 Å². The zero-order valence-corrected chi connectivity index (χ0v) is 14.8. The largest absolute Gasteiger partial charge is 0.493 e. The lowest BCUT2D eigenvalue weighted by Gasteiger charge is -2.26. The molecule has 0 radical (unpaired) electrons. The van der Waals surface area contributed by atoms with Crippen molar-refractivity contribution in [2.24, 2.45) is 0 Å². The third-order valence-corrected chi connectivity index (χ3v) is 6.24. The summed E-state index contributed by atoms with van der Waals surface area (Å²) in [6, 6.07) is 6.00. The number of fused-ring (bicyclic) bond motifs is 3. The molecule has 0 spiro atoms. The summed E-state index contributed by atoms with van der Waals surface area (Å²) in [5, 5.41) is 4.15. The fourth-order valence-electron chi connectivity index (χ4n) is 3.87. The van der Waals surface area contributed by atoms with Crippen LogP contribution in [-0.2, 0) is 17.6 Å². The Labute approximate surface area is 145 Å². The van der Waals surface area contributed by atoms with Crippen LogP contribution in [0.5, 0.6) is 11.5 Å². The molecule has 0 bridgehead atoms. The van der Waals surface area contributed by atoms with Gasteiger partial charge in [-0.3, -0.25) is 4.79 Å². The quantitative estimate of drug-likeness (QED) is 0.912. The predicted molar refractivity (Wildman–Crippen MR) is 95.6 cm³/mol. The van der Waals surface area contributed by atoms with E-state index in [1.165, 1.54) is 28.8 Å². The van der Waals surface area contributed by atoms with Gasteiger partial charge in [-0.2, -0.15) is 0 Å². The minimum atomic E-state index is 0.0980. The number of aryl methyl sites for hydroxylation is 1. The van der Waals surface area contributed by atoms with Crippen LogP contribution in [-0.4, -0.2) is 20.1 Å². The van der Waals surface area contributed by atoms with Gasteiger partial charge < -0.3 is 14.8 Å². The predicted octanol–water partition coefficient (Wildman–Crippen LogP) is 4.12. The SMILES string of the molecule is COc1ccc(C2CC(=O)Nc3sc4c(c32)CCCC4)cc1OC. The molecule has 0 saturated carbocycles. The molecule has 5 heteroatoms. The summed E-state index contributed by atoms with van der Waals surface area (Å²) in [6.07, 6.45) is 5.25. The topological polar surface area (TPSA) is 47.6 Å². The van der Waals surface area contributed by atoms with Crippen LogP contribution < -0.4 is 14.8 Å². The van der Waals surface area contributed by atoms with Crippen molar-refractivity contribution in [2.75, 3.05) is 19.5 Å². The summed E-state index contributed by atoms with van der Waals surface area (Å²) in [4.78, 5) is 13.7. The van der Waals surface area contributed by atoms with Crippen molar-refractivity contribution in [1.82, 2.24) is 0 Å². The van der Waals surface area contributed by atoms with Crippen molar-refractivity contribution < 1.29 is 14.3 Å². The van der Waals surface area contributed by atoms with Crippen LogP contribution >= 0.6 is 11.3 Å². The first-order valence-electron chi connectivity index (χ1n) is 8.37. The van der Waals surface area contributed by atoms with Crippen LogP contribution in [0.2, 0.25) is 0 Å². The average molecular weight is 343 g/mol. The van der Waals surface area contributed by atoms with E-state index >= 15 is 0 Å². The lowest BCUT2D eigenvalue weighted by Crippen LogP contribution is -2.23. The molecular formula is C19H21NO3S. The summed E-state index contributed by atoms with van der Waals surface area (Å²) < 4.78 is 10.8. The highest BCUT2D eigenvalue weighted by atomic mass is 32.1. The molecule has 0 saturated heterocycles. The maximum atomic E-state index is 12.2. The van der Waals surface area contributed by atoms with Crippen molar-refractivity contribution in [3.05, 3.63) is 39.8 Å². The number of methoxy groups -OCH3 is 2. The third-order valence-electron chi connectivity index (χ3n) is 5.01. The number of anilines is 1. The first-order valence-corrected chi connectivity index (χ1v) is 9.19. The molecule has 1 amide bonds. The van der Waals surface area contributed by atoms with Crippen LogP contribution in [0.25, 0.3) is 0 Å². The summed E-state index contributed by atoms with van der Waals surface area (Å²) in [5.41, 5.74) is 3.93. The summed E-state index contributed by atoms with van der Waals surface area (Å²) in [7, 11) is 3.28. The number of benzene rings is 1. The van der Waals surface area contributed by atoms with E-state index in [4.69, 9.17) is 9.47 Å². The number of thiophene rings is 1. The molecule has 1 unspecified atom stereocenters. The van der Waals surface area contributed by atoms with Gasteiger partial charge in [0.2, 0.25) is 5.91 Å². The molecule has 126 valence electrons. The third kappa shape index (κ3) is 2.47. The monoisotopic (exact) mass is 343 g/mol. The highest BCUT2D eigenvalue weighted by molar-refractivity contribution is 7.16. The second-order valence-electron chi connectivity index (χ2n) is 6.37. The second-order valence-corrected chi connectivity index (χ2v) is 7.48. The first-order chi connectivity index (χ1) is 11.7. The number of carbonyl (C=O) groups is 1. The van der Waals surface area contributed by atoms with Crippen molar-refractivity contribution in [3.8, 4) is 11.5 Å². The number of hydrogen-bond acceptors (Lipinski definition) is 4. The molecule has 4 rings (SSSR count). The fourth-order valence-corrected chi connectivity index (χ4v) is 5.24. The van der Waals surface area contributed by atoms with Gasteiger partial charge >= 0.3 is 0 Å². The Bertz CT molecular complexity index is 796. The molecule has 1 aliphatic carbocycles. The van der Waals surface area contributed by atoms with Gasteiger partial charge in [0.1, 0.15) is 0 Å². The molecule has 0 fully saturated rings. The number of nitrogens with one attached hydrogen (secondary N) is 1. The Morgan fingerprint density at radius 3 is 2.71 bits per heavy atom. The van der Waals surface area contributed by atoms with Crippen molar-refractivity contribution in [2.45, 2.75) is 38.0 Å². The van der Waals surface area contributed by atoms with Crippen LogP contribution in [0.4, 0.5) is 5.00 Å². The van der Waals surface area contributed by atoms with Gasteiger partial charge in [-0.05, 0) is 54.5 Å². The molecule has 2 aromatic rings. The number of amides is 1. The highest BCUT2D eigenvalue weighted by Gasteiger charge is 2.33. The lowest BCUT2D eigenvalue weighted by molar-refractivity contribution is -0.116. The van der Waals surface area contributed by atoms with Gasteiger partial charge in [0.15, 0.2) is 11.5 Å². The Morgan fingerprint density at radius 2 is 1.92 bits per heavy atom. The minimum absolute atomic E-state index is 0.0980. The standard InChI is InChI=1S/C19H21NO3S/c1-22-14-8-7-11(9-15(14)23-2)13-10-17(21)20-19-18(13)12-5-3-4-6-16(12)24-19/h7-9,13H,3-6,10H2,1-2H3,(H,20,21). The minimum Gasteiger partial charge on any atom is -0.493 e. The van der Waals surface area contributed by atoms with Crippen molar-refractivity contribution >= 4 is 22.2 Å². The van der Waals surface area contributed by atoms with Gasteiger partial charge in [0.25, 0.3) is 0 Å². The van der Waals surface area contributed by atoms with Gasteiger partial charge in [-0.25, -0.2) is 0 Å². The molecule has 2 aliphatic rings. The zero-order chi connectivity index (χ0) is 16.7. The summed E-state index contributed by atoms with van der Waals surface area (Å²) >= 11 is 1.77. The van der Waals surface area contributed by atoms with Crippen LogP contribution in [0.15, 0.2) is 18.2 Å². The van der Waals surface area contributed by atoms with Gasteiger partial charge in [0.05, 0.1) is 19.2 Å². The molecular weight excluding hydrogens is 322 g/mol. The molecule has 1 atom stereocenters. The molecule has 1 aliphatic heterocycles. The Kier molecular flexibility index (Phi) is 3.96. The van der Waals surface area contributed by atoms with E-state index in [9.17, 15) is 4.79 Å². The van der Waals surface area contributed by atoms with E-state index in [0.29, 0.717) is 17.9 Å². The van der Waals surface area contributed by atoms with E-state index in [1.54, 1.807) is 25.6 Å². The van der Waals surface area contributed by atoms with E-state index in [1.807, 2.05) is 12.1 Å². The first kappa shape index (κ1) is 15.5. The van der Waals surface area contributed by atoms with E-state index in [0.717, 1.165) is 23.4 Å². The van der Waals surface area contributed by atoms with E-state index in [2.05, 4.69) is 11.4 Å². The molecule has 1 N–H and O–H groups in total. The van der Waals surface area contributed by atoms with Crippen LogP contribution in [0.3, 0.4) is 0 Å². The van der Waals surface area contributed by atoms with E-state index in [-0.39, 0.29) is 11.8 Å². The second kappa shape index (κ2) is 6.13. The summed E-state index contributed by atoms with van der Waals surface area (Å²) in [6.45, 7) is 0. The zero-order valence-electron chi connectivity index (χ0n) is 14.0. The number of ether oxygens (including phenoxy) is 2. The molecule has 4 nitrogen and oxygen atoms in total. The lowest BCUT2D eigenvalue weighted by atomic mass is 9.82. The number of hydrogen-bond donors (Lipinski definition) is 1. The molecule has 1 aromatic carbocycles. The van der Waals surface area contributed by atoms with Gasteiger partial charge in [-0.15, -0.1) is 11.3 Å². The van der Waals surface area contributed by atoms with Gasteiger partial charge in [0, 0.05) is 17.2 Å². The molecule has 1 aromatic heterocycles. The molecule has 24 heavy (non-hydrogen) atoms. The number of rotatable bonds is 3.